The van der Waals surface area contributed by atoms with Gasteiger partial charge in [0.25, 0.3) is 0 Å². The fourth-order valence-corrected chi connectivity index (χ4v) is 3.82. The number of carboxylic acid groups (broad SMARTS) is 1. The average Bonchev–Trinajstić information content (AvgIpc) is 3.06. The molecule has 7 nitrogen and oxygen atoms in total. The first-order valence-electron chi connectivity index (χ1n) is 8.80. The lowest BCUT2D eigenvalue weighted by Crippen LogP contribution is -2.49. The Hall–Kier alpha value is -2.45. The predicted molar refractivity (Wildman–Crippen MR) is 107 cm³/mol. The van der Waals surface area contributed by atoms with Gasteiger partial charge in [-0.1, -0.05) is 11.6 Å². The summed E-state index contributed by atoms with van der Waals surface area (Å²) in [5.74, 6) is -0.154. The fourth-order valence-electron chi connectivity index (χ4n) is 3.62. The largest absolute Gasteiger partial charge is 0.480 e. The number of carbonyl (C=O) groups is 1. The summed E-state index contributed by atoms with van der Waals surface area (Å²) in [6, 6.07) is 5.39. The third kappa shape index (κ3) is 3.54. The van der Waals surface area contributed by atoms with Crippen LogP contribution in [0.25, 0.3) is 10.9 Å². The number of aliphatic carboxylic acids is 1. The molecule has 0 radical (unpaired) electrons. The number of hydrogen-bond donors (Lipinski definition) is 2. The highest BCUT2D eigenvalue weighted by Gasteiger charge is 2.32. The Morgan fingerprint density at radius 1 is 1.22 bits per heavy atom. The van der Waals surface area contributed by atoms with Crippen molar-refractivity contribution >= 4 is 38.8 Å². The molecule has 1 atom stereocenters. The molecule has 2 N–H and O–H groups in total. The second-order valence-electron chi connectivity index (χ2n) is 6.76. The minimum absolute atomic E-state index is 0.634. The maximum atomic E-state index is 12.1. The Morgan fingerprint density at radius 2 is 1.93 bits per heavy atom. The Bertz CT molecular complexity index is 964. The van der Waals surface area contributed by atoms with Gasteiger partial charge in [-0.2, -0.15) is 0 Å². The number of aryl methyl sites for hydroxylation is 1. The number of carboxylic acids is 1. The molecule has 3 heterocycles. The quantitative estimate of drug-likeness (QED) is 0.662. The van der Waals surface area contributed by atoms with E-state index in [0.29, 0.717) is 32.1 Å². The summed E-state index contributed by atoms with van der Waals surface area (Å²) in [6.07, 6.45) is 5.28. The first-order chi connectivity index (χ1) is 13.0. The highest BCUT2D eigenvalue weighted by atomic mass is 79.9. The van der Waals surface area contributed by atoms with Crippen LogP contribution in [-0.2, 0) is 4.79 Å². The zero-order chi connectivity index (χ0) is 19.0. The highest BCUT2D eigenvalue weighted by Crippen LogP contribution is 2.30. The van der Waals surface area contributed by atoms with Gasteiger partial charge in [-0.05, 0) is 35.0 Å². The molecule has 0 spiro atoms. The molecule has 0 amide bonds. The van der Waals surface area contributed by atoms with Gasteiger partial charge in [0.15, 0.2) is 0 Å². The molecular formula is C19H20BrN5O2. The van der Waals surface area contributed by atoms with Crippen molar-refractivity contribution in [3.63, 3.8) is 0 Å². The molecule has 2 aromatic heterocycles. The topological polar surface area (TPSA) is 85.4 Å². The Labute approximate surface area is 165 Å². The van der Waals surface area contributed by atoms with E-state index in [1.54, 1.807) is 12.4 Å². The molecule has 0 bridgehead atoms. The van der Waals surface area contributed by atoms with E-state index in [0.717, 1.165) is 26.5 Å². The van der Waals surface area contributed by atoms with Crippen LogP contribution in [0.3, 0.4) is 0 Å². The predicted octanol–water partition coefficient (Wildman–Crippen LogP) is 2.98. The molecule has 1 fully saturated rings. The van der Waals surface area contributed by atoms with Crippen LogP contribution in [0, 0.1) is 6.92 Å². The van der Waals surface area contributed by atoms with Gasteiger partial charge in [0.1, 0.15) is 6.04 Å². The second-order valence-corrected chi connectivity index (χ2v) is 7.67. The third-order valence-electron chi connectivity index (χ3n) is 4.97. The molecule has 1 aromatic carbocycles. The fraction of sp³-hybridized carbons (Fsp3) is 0.316. The van der Waals surface area contributed by atoms with E-state index < -0.39 is 12.0 Å². The van der Waals surface area contributed by atoms with Crippen molar-refractivity contribution in [2.45, 2.75) is 13.0 Å². The molecule has 27 heavy (non-hydrogen) atoms. The summed E-state index contributed by atoms with van der Waals surface area (Å²) < 4.78 is 0.838. The molecular weight excluding hydrogens is 410 g/mol. The number of fused-ring (bicyclic) bond motifs is 1. The molecule has 8 heteroatoms. The smallest absolute Gasteiger partial charge is 0.325 e. The lowest BCUT2D eigenvalue weighted by molar-refractivity contribution is -0.143. The molecule has 140 valence electrons. The first-order valence-corrected chi connectivity index (χ1v) is 9.59. The zero-order valence-corrected chi connectivity index (χ0v) is 16.5. The molecule has 1 aliphatic rings. The minimum Gasteiger partial charge on any atom is -0.480 e. The number of piperazine rings is 1. The number of halogens is 1. The van der Waals surface area contributed by atoms with Crippen molar-refractivity contribution in [1.82, 2.24) is 19.9 Å². The highest BCUT2D eigenvalue weighted by molar-refractivity contribution is 9.10. The van der Waals surface area contributed by atoms with Crippen LogP contribution >= 0.6 is 15.9 Å². The van der Waals surface area contributed by atoms with Crippen LogP contribution in [0.2, 0.25) is 0 Å². The van der Waals surface area contributed by atoms with E-state index >= 15 is 0 Å². The van der Waals surface area contributed by atoms with E-state index in [4.69, 9.17) is 0 Å². The van der Waals surface area contributed by atoms with Gasteiger partial charge < -0.3 is 15.0 Å². The third-order valence-corrected chi connectivity index (χ3v) is 5.38. The average molecular weight is 430 g/mol. The standard InChI is InChI=1S/C19H20BrN5O2/c1-12-2-3-16-14(8-12)15(11-21-16)17(18(26)27)24-4-6-25(7-5-24)19-22-9-13(20)10-23-19/h2-3,8-11,17,21H,4-7H2,1H3,(H,26,27)/t17-/m0/s1. The summed E-state index contributed by atoms with van der Waals surface area (Å²) in [5.41, 5.74) is 2.89. The Kier molecular flexibility index (Phi) is 4.84. The minimum atomic E-state index is -0.828. The van der Waals surface area contributed by atoms with Crippen LogP contribution < -0.4 is 4.90 Å². The Morgan fingerprint density at radius 3 is 2.59 bits per heavy atom. The van der Waals surface area contributed by atoms with Crippen molar-refractivity contribution in [2.75, 3.05) is 31.1 Å². The van der Waals surface area contributed by atoms with Gasteiger partial charge in [-0.15, -0.1) is 0 Å². The van der Waals surface area contributed by atoms with Gasteiger partial charge in [0.2, 0.25) is 5.95 Å². The number of nitrogens with one attached hydrogen (secondary N) is 1. The number of nitrogens with zero attached hydrogens (tertiary/aromatic N) is 4. The van der Waals surface area contributed by atoms with Gasteiger partial charge in [-0.3, -0.25) is 9.69 Å². The SMILES string of the molecule is Cc1ccc2[nH]cc([C@@H](C(=O)O)N3CCN(c4ncc(Br)cn4)CC3)c2c1. The second kappa shape index (κ2) is 7.28. The summed E-state index contributed by atoms with van der Waals surface area (Å²) in [5, 5.41) is 10.9. The first kappa shape index (κ1) is 17.9. The number of anilines is 1. The summed E-state index contributed by atoms with van der Waals surface area (Å²) in [6.45, 7) is 4.66. The normalized spacial score (nSPS) is 16.6. The van der Waals surface area contributed by atoms with E-state index in [1.807, 2.05) is 36.2 Å². The van der Waals surface area contributed by atoms with Crippen molar-refractivity contribution in [2.24, 2.45) is 0 Å². The number of aromatic amines is 1. The van der Waals surface area contributed by atoms with Gasteiger partial charge in [0.05, 0.1) is 4.47 Å². The molecule has 4 rings (SSSR count). The van der Waals surface area contributed by atoms with Crippen LogP contribution in [-0.4, -0.2) is 57.1 Å². The lowest BCUT2D eigenvalue weighted by Gasteiger charge is -2.37. The number of hydrogen-bond acceptors (Lipinski definition) is 5. The zero-order valence-electron chi connectivity index (χ0n) is 14.9. The molecule has 1 saturated heterocycles. The summed E-state index contributed by atoms with van der Waals surface area (Å²) >= 11 is 3.34. The summed E-state index contributed by atoms with van der Waals surface area (Å²) in [4.78, 5) is 28.1. The van der Waals surface area contributed by atoms with Crippen molar-refractivity contribution in [1.29, 1.82) is 0 Å². The van der Waals surface area contributed by atoms with E-state index in [2.05, 4.69) is 35.8 Å². The monoisotopic (exact) mass is 429 g/mol. The number of benzene rings is 1. The van der Waals surface area contributed by atoms with Crippen molar-refractivity contribution < 1.29 is 9.90 Å². The maximum absolute atomic E-state index is 12.1. The van der Waals surface area contributed by atoms with Crippen molar-refractivity contribution in [3.8, 4) is 0 Å². The molecule has 1 aliphatic heterocycles. The van der Waals surface area contributed by atoms with E-state index in [-0.39, 0.29) is 0 Å². The van der Waals surface area contributed by atoms with Crippen LogP contribution in [0.5, 0.6) is 0 Å². The number of aromatic nitrogens is 3. The van der Waals surface area contributed by atoms with E-state index in [9.17, 15) is 9.90 Å². The van der Waals surface area contributed by atoms with Gasteiger partial charge in [-0.25, -0.2) is 9.97 Å². The Balaban J connectivity index is 1.56. The van der Waals surface area contributed by atoms with Gasteiger partial charge in [0, 0.05) is 61.2 Å². The number of rotatable bonds is 4. The summed E-state index contributed by atoms with van der Waals surface area (Å²) in [7, 11) is 0. The van der Waals surface area contributed by atoms with Crippen LogP contribution in [0.15, 0.2) is 41.3 Å². The molecule has 0 aliphatic carbocycles. The lowest BCUT2D eigenvalue weighted by atomic mass is 10.0. The van der Waals surface area contributed by atoms with E-state index in [1.165, 1.54) is 0 Å². The van der Waals surface area contributed by atoms with Gasteiger partial charge >= 0.3 is 5.97 Å². The number of H-pyrrole nitrogens is 1. The van der Waals surface area contributed by atoms with Crippen LogP contribution in [0.4, 0.5) is 5.95 Å². The van der Waals surface area contributed by atoms with Crippen LogP contribution in [0.1, 0.15) is 17.2 Å². The maximum Gasteiger partial charge on any atom is 0.325 e. The van der Waals surface area contributed by atoms with Crippen molar-refractivity contribution in [3.05, 3.63) is 52.4 Å². The molecule has 3 aromatic rings. The molecule has 0 saturated carbocycles. The molecule has 0 unspecified atom stereocenters.